The Hall–Kier alpha value is -2.87. The molecule has 3 rings (SSSR count). The Morgan fingerprint density at radius 3 is 2.39 bits per heavy atom. The molecule has 2 aromatic carbocycles. The third-order valence-electron chi connectivity index (χ3n) is 4.48. The molecule has 146 valence electrons. The van der Waals surface area contributed by atoms with Gasteiger partial charge >= 0.3 is 12.2 Å². The molecule has 1 unspecified atom stereocenters. The summed E-state index contributed by atoms with van der Waals surface area (Å²) in [6, 6.07) is 10.4. The second kappa shape index (κ2) is 6.94. The maximum Gasteiger partial charge on any atom is 0.454 e. The van der Waals surface area contributed by atoms with Gasteiger partial charge in [0.1, 0.15) is 5.54 Å². The van der Waals surface area contributed by atoms with Crippen molar-refractivity contribution in [1.82, 2.24) is 10.2 Å². The molecular formula is C19H14ClF3N2O3. The van der Waals surface area contributed by atoms with Crippen LogP contribution in [0.1, 0.15) is 28.4 Å². The highest BCUT2D eigenvalue weighted by Gasteiger charge is 2.49. The normalized spacial score (nSPS) is 19.7. The minimum absolute atomic E-state index is 0.221. The van der Waals surface area contributed by atoms with Gasteiger partial charge in [0.15, 0.2) is 0 Å². The van der Waals surface area contributed by atoms with Crippen LogP contribution < -0.4 is 5.32 Å². The van der Waals surface area contributed by atoms with E-state index in [1.807, 2.05) is 0 Å². The van der Waals surface area contributed by atoms with Crippen LogP contribution in [0.2, 0.25) is 5.02 Å². The van der Waals surface area contributed by atoms with Crippen LogP contribution in [-0.4, -0.2) is 28.8 Å². The van der Waals surface area contributed by atoms with Gasteiger partial charge in [-0.15, -0.1) is 0 Å². The molecule has 1 aliphatic heterocycles. The minimum atomic E-state index is -5.01. The number of nitrogens with one attached hydrogen (secondary N) is 1. The fourth-order valence-corrected chi connectivity index (χ4v) is 3.10. The van der Waals surface area contributed by atoms with Crippen molar-refractivity contribution in [1.29, 1.82) is 0 Å². The highest BCUT2D eigenvalue weighted by atomic mass is 35.5. The fraction of sp³-hybridized carbons (Fsp3) is 0.211. The zero-order valence-corrected chi connectivity index (χ0v) is 15.3. The van der Waals surface area contributed by atoms with Crippen molar-refractivity contribution < 1.29 is 27.6 Å². The van der Waals surface area contributed by atoms with Gasteiger partial charge in [-0.1, -0.05) is 41.9 Å². The first-order valence-corrected chi connectivity index (χ1v) is 8.51. The van der Waals surface area contributed by atoms with E-state index in [0.717, 1.165) is 17.0 Å². The summed E-state index contributed by atoms with van der Waals surface area (Å²) in [6.45, 7) is 1.26. The third-order valence-corrected chi connectivity index (χ3v) is 4.74. The van der Waals surface area contributed by atoms with Crippen LogP contribution in [0.5, 0.6) is 0 Å². The molecule has 9 heteroatoms. The molecule has 1 aliphatic rings. The Bertz CT molecular complexity index is 960. The van der Waals surface area contributed by atoms with Crippen LogP contribution in [0.15, 0.2) is 48.5 Å². The molecule has 2 aromatic rings. The number of urea groups is 1. The average Bonchev–Trinajstić information content (AvgIpc) is 2.85. The van der Waals surface area contributed by atoms with Crippen molar-refractivity contribution in [2.24, 2.45) is 0 Å². The Morgan fingerprint density at radius 1 is 1.14 bits per heavy atom. The molecule has 0 bridgehead atoms. The standard InChI is InChI=1S/C19H14ClF3N2O3/c1-18(13-5-7-14(20)8-6-13)16(27)25(17(28)24-18)10-11-3-2-4-12(9-11)15(26)19(21,22)23/h2-9H,10H2,1H3,(H,24,28). The molecule has 1 N–H and O–H groups in total. The molecule has 0 spiro atoms. The van der Waals surface area contributed by atoms with Gasteiger partial charge in [0, 0.05) is 10.6 Å². The zero-order valence-electron chi connectivity index (χ0n) is 14.5. The summed E-state index contributed by atoms with van der Waals surface area (Å²) in [5.41, 5.74) is -1.16. The van der Waals surface area contributed by atoms with E-state index in [1.54, 1.807) is 24.3 Å². The van der Waals surface area contributed by atoms with Gasteiger partial charge in [-0.25, -0.2) is 4.79 Å². The summed E-state index contributed by atoms with van der Waals surface area (Å²) in [6.07, 6.45) is -5.01. The maximum atomic E-state index is 12.9. The molecule has 1 fully saturated rings. The van der Waals surface area contributed by atoms with Gasteiger partial charge < -0.3 is 5.32 Å². The highest BCUT2D eigenvalue weighted by molar-refractivity contribution is 6.30. The van der Waals surface area contributed by atoms with Gasteiger partial charge in [0.05, 0.1) is 6.54 Å². The summed E-state index contributed by atoms with van der Waals surface area (Å²) >= 11 is 5.85. The van der Waals surface area contributed by atoms with E-state index in [-0.39, 0.29) is 12.1 Å². The van der Waals surface area contributed by atoms with E-state index < -0.39 is 35.0 Å². The van der Waals surface area contributed by atoms with Crippen molar-refractivity contribution in [2.75, 3.05) is 0 Å². The number of hydrogen-bond acceptors (Lipinski definition) is 3. The number of imide groups is 1. The summed E-state index contributed by atoms with van der Waals surface area (Å²) < 4.78 is 37.9. The lowest BCUT2D eigenvalue weighted by atomic mass is 9.92. The lowest BCUT2D eigenvalue weighted by molar-refractivity contribution is -0.131. The summed E-state index contributed by atoms with van der Waals surface area (Å²) in [5, 5.41) is 3.06. The number of carbonyl (C=O) groups is 3. The second-order valence-electron chi connectivity index (χ2n) is 6.48. The molecule has 1 saturated heterocycles. The molecule has 5 nitrogen and oxygen atoms in total. The first-order chi connectivity index (χ1) is 13.0. The summed E-state index contributed by atoms with van der Waals surface area (Å²) in [7, 11) is 0. The molecule has 1 atom stereocenters. The van der Waals surface area contributed by atoms with E-state index in [4.69, 9.17) is 11.6 Å². The van der Waals surface area contributed by atoms with Crippen molar-refractivity contribution in [3.05, 3.63) is 70.2 Å². The summed E-state index contributed by atoms with van der Waals surface area (Å²) in [4.78, 5) is 37.5. The molecule has 0 saturated carbocycles. The Balaban J connectivity index is 1.86. The smallest absolute Gasteiger partial charge is 0.319 e. The Morgan fingerprint density at radius 2 is 1.79 bits per heavy atom. The van der Waals surface area contributed by atoms with E-state index in [2.05, 4.69) is 5.32 Å². The Kier molecular flexibility index (Phi) is 4.93. The van der Waals surface area contributed by atoms with E-state index in [1.165, 1.54) is 19.1 Å². The zero-order chi connectivity index (χ0) is 20.7. The largest absolute Gasteiger partial charge is 0.454 e. The first kappa shape index (κ1) is 19.9. The van der Waals surface area contributed by atoms with Gasteiger partial charge in [-0.3, -0.25) is 14.5 Å². The minimum Gasteiger partial charge on any atom is -0.319 e. The van der Waals surface area contributed by atoms with Crippen LogP contribution in [0.25, 0.3) is 0 Å². The van der Waals surface area contributed by atoms with Crippen molar-refractivity contribution in [3.8, 4) is 0 Å². The number of Topliss-reactive ketones (excluding diaryl/α,β-unsaturated/α-hetero) is 1. The molecule has 0 aliphatic carbocycles. The number of amides is 3. The number of carbonyl (C=O) groups excluding carboxylic acids is 3. The number of halogens is 4. The van der Waals surface area contributed by atoms with Crippen LogP contribution in [0.4, 0.5) is 18.0 Å². The lowest BCUT2D eigenvalue weighted by Crippen LogP contribution is -2.40. The predicted molar refractivity (Wildman–Crippen MR) is 94.7 cm³/mol. The fourth-order valence-electron chi connectivity index (χ4n) is 2.98. The van der Waals surface area contributed by atoms with E-state index >= 15 is 0 Å². The van der Waals surface area contributed by atoms with Crippen LogP contribution in [0.3, 0.4) is 0 Å². The maximum absolute atomic E-state index is 12.9. The SMILES string of the molecule is CC1(c2ccc(Cl)cc2)NC(=O)N(Cc2cccc(C(=O)C(F)(F)F)c2)C1=O. The quantitative estimate of drug-likeness (QED) is 0.610. The summed E-state index contributed by atoms with van der Waals surface area (Å²) in [5.74, 6) is -2.55. The molecule has 0 aromatic heterocycles. The second-order valence-corrected chi connectivity index (χ2v) is 6.92. The highest BCUT2D eigenvalue weighted by Crippen LogP contribution is 2.31. The monoisotopic (exact) mass is 410 g/mol. The molecular weight excluding hydrogens is 397 g/mol. The first-order valence-electron chi connectivity index (χ1n) is 8.13. The predicted octanol–water partition coefficient (Wildman–Crippen LogP) is 4.05. The van der Waals surface area contributed by atoms with Crippen LogP contribution in [-0.2, 0) is 16.9 Å². The molecule has 3 amide bonds. The Labute approximate surface area is 163 Å². The topological polar surface area (TPSA) is 66.5 Å². The van der Waals surface area contributed by atoms with Gasteiger partial charge in [0.2, 0.25) is 0 Å². The van der Waals surface area contributed by atoms with Gasteiger partial charge in [-0.05, 0) is 36.2 Å². The molecule has 0 radical (unpaired) electrons. The van der Waals surface area contributed by atoms with E-state index in [0.29, 0.717) is 10.6 Å². The average molecular weight is 411 g/mol. The number of hydrogen-bond donors (Lipinski definition) is 1. The lowest BCUT2D eigenvalue weighted by Gasteiger charge is -2.22. The number of ketones is 1. The number of alkyl halides is 3. The van der Waals surface area contributed by atoms with Gasteiger partial charge in [0.25, 0.3) is 11.7 Å². The molecule has 28 heavy (non-hydrogen) atoms. The van der Waals surface area contributed by atoms with E-state index in [9.17, 15) is 27.6 Å². The number of rotatable bonds is 4. The van der Waals surface area contributed by atoms with Gasteiger partial charge in [-0.2, -0.15) is 13.2 Å². The van der Waals surface area contributed by atoms with Crippen molar-refractivity contribution in [2.45, 2.75) is 25.2 Å². The van der Waals surface area contributed by atoms with Crippen LogP contribution >= 0.6 is 11.6 Å². The number of benzene rings is 2. The number of nitrogens with zero attached hydrogens (tertiary/aromatic N) is 1. The third kappa shape index (κ3) is 3.60. The van der Waals surface area contributed by atoms with Crippen LogP contribution in [0, 0.1) is 0 Å². The van der Waals surface area contributed by atoms with Crippen molar-refractivity contribution >= 4 is 29.3 Å². The molecule has 1 heterocycles. The van der Waals surface area contributed by atoms with Crippen molar-refractivity contribution in [3.63, 3.8) is 0 Å².